The number of piperidine rings is 1. The average Bonchev–Trinajstić information content (AvgIpc) is 2.68. The molecule has 0 aromatic heterocycles. The van der Waals surface area contributed by atoms with Crippen LogP contribution < -0.4 is 10.6 Å². The first-order valence-corrected chi connectivity index (χ1v) is 9.16. The molecule has 148 valence electrons. The third kappa shape index (κ3) is 6.47. The van der Waals surface area contributed by atoms with Gasteiger partial charge in [-0.1, -0.05) is 6.07 Å². The standard InChI is InChI=1S/C19H27N3O5/c1-3-27-19(25)22-11-8-15(9-12-22)21-17(23)7-10-20-16-6-4-5-14(13-16)18(24)26-2/h4-6,13,15,20H,3,7-12H2,1-2H3,(H,21,23). The van der Waals surface area contributed by atoms with E-state index in [2.05, 4.69) is 10.6 Å². The van der Waals surface area contributed by atoms with E-state index < -0.39 is 5.97 Å². The van der Waals surface area contributed by atoms with E-state index in [-0.39, 0.29) is 18.0 Å². The Bertz CT molecular complexity index is 657. The lowest BCUT2D eigenvalue weighted by Crippen LogP contribution is -2.46. The summed E-state index contributed by atoms with van der Waals surface area (Å²) in [5.41, 5.74) is 1.22. The van der Waals surface area contributed by atoms with Crippen LogP contribution in [0, 0.1) is 0 Å². The highest BCUT2D eigenvalue weighted by Gasteiger charge is 2.24. The first-order valence-electron chi connectivity index (χ1n) is 9.16. The van der Waals surface area contributed by atoms with Crippen LogP contribution in [0.1, 0.15) is 36.5 Å². The number of methoxy groups -OCH3 is 1. The van der Waals surface area contributed by atoms with Crippen molar-refractivity contribution in [3.63, 3.8) is 0 Å². The number of likely N-dealkylation sites (tertiary alicyclic amines) is 1. The van der Waals surface area contributed by atoms with Crippen molar-refractivity contribution >= 4 is 23.7 Å². The summed E-state index contributed by atoms with van der Waals surface area (Å²) in [7, 11) is 1.34. The van der Waals surface area contributed by atoms with Gasteiger partial charge >= 0.3 is 12.1 Å². The molecule has 2 N–H and O–H groups in total. The Morgan fingerprint density at radius 2 is 1.96 bits per heavy atom. The van der Waals surface area contributed by atoms with Gasteiger partial charge in [-0.15, -0.1) is 0 Å². The highest BCUT2D eigenvalue weighted by Crippen LogP contribution is 2.13. The van der Waals surface area contributed by atoms with E-state index >= 15 is 0 Å². The molecule has 1 aromatic carbocycles. The topological polar surface area (TPSA) is 97.0 Å². The fourth-order valence-corrected chi connectivity index (χ4v) is 2.92. The summed E-state index contributed by atoms with van der Waals surface area (Å²) in [6.45, 7) is 3.78. The zero-order chi connectivity index (χ0) is 19.6. The molecular formula is C19H27N3O5. The highest BCUT2D eigenvalue weighted by molar-refractivity contribution is 5.90. The highest BCUT2D eigenvalue weighted by atomic mass is 16.6. The number of hydrogen-bond acceptors (Lipinski definition) is 6. The molecule has 1 aliphatic heterocycles. The maximum Gasteiger partial charge on any atom is 0.409 e. The fourth-order valence-electron chi connectivity index (χ4n) is 2.92. The molecule has 1 fully saturated rings. The maximum absolute atomic E-state index is 12.1. The number of esters is 1. The van der Waals surface area contributed by atoms with Crippen molar-refractivity contribution in [2.45, 2.75) is 32.2 Å². The van der Waals surface area contributed by atoms with Gasteiger partial charge in [-0.05, 0) is 38.0 Å². The van der Waals surface area contributed by atoms with E-state index in [0.717, 1.165) is 18.5 Å². The van der Waals surface area contributed by atoms with Crippen LogP contribution in [0.25, 0.3) is 0 Å². The third-order valence-corrected chi connectivity index (χ3v) is 4.35. The number of nitrogens with zero attached hydrogens (tertiary/aromatic N) is 1. The zero-order valence-corrected chi connectivity index (χ0v) is 15.8. The minimum atomic E-state index is -0.398. The van der Waals surface area contributed by atoms with Gasteiger partial charge in [0.25, 0.3) is 0 Å². The zero-order valence-electron chi connectivity index (χ0n) is 15.8. The van der Waals surface area contributed by atoms with Crippen molar-refractivity contribution < 1.29 is 23.9 Å². The van der Waals surface area contributed by atoms with Crippen LogP contribution in [0.15, 0.2) is 24.3 Å². The van der Waals surface area contributed by atoms with Crippen molar-refractivity contribution in [1.82, 2.24) is 10.2 Å². The Labute approximate surface area is 159 Å². The van der Waals surface area contributed by atoms with E-state index in [4.69, 9.17) is 9.47 Å². The van der Waals surface area contributed by atoms with Crippen molar-refractivity contribution in [3.05, 3.63) is 29.8 Å². The monoisotopic (exact) mass is 377 g/mol. The molecule has 8 heteroatoms. The fraction of sp³-hybridized carbons (Fsp3) is 0.526. The molecular weight excluding hydrogens is 350 g/mol. The maximum atomic E-state index is 12.1. The summed E-state index contributed by atoms with van der Waals surface area (Å²) in [6, 6.07) is 7.02. The predicted octanol–water partition coefficient (Wildman–Crippen LogP) is 2.01. The Hall–Kier alpha value is -2.77. The van der Waals surface area contributed by atoms with Gasteiger partial charge in [-0.2, -0.15) is 0 Å². The molecule has 0 spiro atoms. The van der Waals surface area contributed by atoms with Gasteiger partial charge in [0, 0.05) is 37.8 Å². The summed E-state index contributed by atoms with van der Waals surface area (Å²) >= 11 is 0. The van der Waals surface area contributed by atoms with E-state index in [1.807, 2.05) is 6.07 Å². The van der Waals surface area contributed by atoms with E-state index in [1.54, 1.807) is 30.0 Å². The molecule has 0 bridgehead atoms. The number of anilines is 1. The average molecular weight is 377 g/mol. The largest absolute Gasteiger partial charge is 0.465 e. The van der Waals surface area contributed by atoms with Crippen LogP contribution in [-0.4, -0.2) is 62.3 Å². The van der Waals surface area contributed by atoms with Crippen LogP contribution >= 0.6 is 0 Å². The molecule has 1 aromatic rings. The molecule has 1 saturated heterocycles. The van der Waals surface area contributed by atoms with Crippen LogP contribution in [-0.2, 0) is 14.3 Å². The molecule has 0 unspecified atom stereocenters. The van der Waals surface area contributed by atoms with Gasteiger partial charge in [0.15, 0.2) is 0 Å². The van der Waals surface area contributed by atoms with Crippen LogP contribution in [0.4, 0.5) is 10.5 Å². The van der Waals surface area contributed by atoms with Gasteiger partial charge < -0.3 is 25.0 Å². The van der Waals surface area contributed by atoms with Gasteiger partial charge in [0.1, 0.15) is 0 Å². The number of amides is 2. The second-order valence-electron chi connectivity index (χ2n) is 6.28. The van der Waals surface area contributed by atoms with Crippen LogP contribution in [0.3, 0.4) is 0 Å². The lowest BCUT2D eigenvalue weighted by molar-refractivity contribution is -0.121. The number of benzene rings is 1. The molecule has 8 nitrogen and oxygen atoms in total. The van der Waals surface area contributed by atoms with Gasteiger partial charge in [-0.25, -0.2) is 9.59 Å². The first-order chi connectivity index (χ1) is 13.0. The van der Waals surface area contributed by atoms with Gasteiger partial charge in [0.05, 0.1) is 19.3 Å². The number of hydrogen-bond donors (Lipinski definition) is 2. The molecule has 27 heavy (non-hydrogen) atoms. The van der Waals surface area contributed by atoms with Crippen molar-refractivity contribution in [2.75, 3.05) is 38.7 Å². The van der Waals surface area contributed by atoms with E-state index in [1.165, 1.54) is 7.11 Å². The second-order valence-corrected chi connectivity index (χ2v) is 6.28. The molecule has 0 atom stereocenters. The summed E-state index contributed by atoms with van der Waals surface area (Å²) in [4.78, 5) is 37.0. The lowest BCUT2D eigenvalue weighted by Gasteiger charge is -2.31. The SMILES string of the molecule is CCOC(=O)N1CCC(NC(=O)CCNc2cccc(C(=O)OC)c2)CC1. The van der Waals surface area contributed by atoms with Gasteiger partial charge in [-0.3, -0.25) is 4.79 Å². The van der Waals surface area contributed by atoms with Crippen molar-refractivity contribution in [3.8, 4) is 0 Å². The Kier molecular flexibility index (Phi) is 7.91. The van der Waals surface area contributed by atoms with Crippen molar-refractivity contribution in [1.29, 1.82) is 0 Å². The second kappa shape index (κ2) is 10.4. The smallest absolute Gasteiger partial charge is 0.409 e. The number of rotatable bonds is 7. The van der Waals surface area contributed by atoms with Crippen LogP contribution in [0.2, 0.25) is 0 Å². The molecule has 1 aliphatic rings. The Morgan fingerprint density at radius 3 is 2.63 bits per heavy atom. The van der Waals surface area contributed by atoms with E-state index in [9.17, 15) is 14.4 Å². The lowest BCUT2D eigenvalue weighted by atomic mass is 10.1. The quantitative estimate of drug-likeness (QED) is 0.706. The molecule has 0 aliphatic carbocycles. The predicted molar refractivity (Wildman–Crippen MR) is 101 cm³/mol. The summed E-state index contributed by atoms with van der Waals surface area (Å²) in [6.07, 6.45) is 1.47. The first kappa shape index (κ1) is 20.5. The molecule has 1 heterocycles. The van der Waals surface area contributed by atoms with Crippen LogP contribution in [0.5, 0.6) is 0 Å². The molecule has 2 amide bonds. The number of carbonyl (C=O) groups is 3. The molecule has 0 radical (unpaired) electrons. The Balaban J connectivity index is 1.68. The van der Waals surface area contributed by atoms with Gasteiger partial charge in [0.2, 0.25) is 5.91 Å². The normalized spacial score (nSPS) is 14.4. The van der Waals surface area contributed by atoms with E-state index in [0.29, 0.717) is 38.2 Å². The Morgan fingerprint density at radius 1 is 1.22 bits per heavy atom. The summed E-state index contributed by atoms with van der Waals surface area (Å²) < 4.78 is 9.68. The molecule has 0 saturated carbocycles. The number of ether oxygens (including phenoxy) is 2. The number of nitrogens with one attached hydrogen (secondary N) is 2. The molecule has 2 rings (SSSR count). The number of carbonyl (C=O) groups excluding carboxylic acids is 3. The van der Waals surface area contributed by atoms with Crippen molar-refractivity contribution in [2.24, 2.45) is 0 Å². The minimum absolute atomic E-state index is 0.0405. The minimum Gasteiger partial charge on any atom is -0.465 e. The summed E-state index contributed by atoms with van der Waals surface area (Å²) in [5.74, 6) is -0.438. The third-order valence-electron chi connectivity index (χ3n) is 4.35. The summed E-state index contributed by atoms with van der Waals surface area (Å²) in [5, 5.41) is 6.13.